The molecule has 2 atom stereocenters. The van der Waals surface area contributed by atoms with Crippen LogP contribution in [0.1, 0.15) is 25.5 Å². The van der Waals surface area contributed by atoms with Crippen LogP contribution < -0.4 is 11.1 Å². The Kier molecular flexibility index (Phi) is 4.31. The maximum Gasteiger partial charge on any atom is 0.224 e. The third kappa shape index (κ3) is 3.06. The van der Waals surface area contributed by atoms with Gasteiger partial charge in [-0.05, 0) is 12.5 Å². The van der Waals surface area contributed by atoms with Crippen LogP contribution in [0, 0.1) is 5.92 Å². The van der Waals surface area contributed by atoms with E-state index < -0.39 is 0 Å². The zero-order valence-corrected chi connectivity index (χ0v) is 9.23. The Morgan fingerprint density at radius 3 is 2.53 bits per heavy atom. The normalized spacial score (nSPS) is 14.3. The minimum atomic E-state index is -0.238. The van der Waals surface area contributed by atoms with Crippen LogP contribution in [-0.2, 0) is 4.79 Å². The van der Waals surface area contributed by atoms with E-state index in [-0.39, 0.29) is 17.9 Å². The van der Waals surface area contributed by atoms with Gasteiger partial charge in [0.2, 0.25) is 5.91 Å². The van der Waals surface area contributed by atoms with Crippen molar-refractivity contribution in [3.05, 3.63) is 35.9 Å². The van der Waals surface area contributed by atoms with Crippen LogP contribution in [0.4, 0.5) is 0 Å². The molecule has 3 nitrogen and oxygen atoms in total. The minimum absolute atomic E-state index is 0.00820. The smallest absolute Gasteiger partial charge is 0.224 e. The number of rotatable bonds is 4. The fraction of sp³-hybridized carbons (Fsp3) is 0.417. The molecule has 0 aliphatic carbocycles. The van der Waals surface area contributed by atoms with Gasteiger partial charge in [-0.1, -0.05) is 37.3 Å². The van der Waals surface area contributed by atoms with Gasteiger partial charge in [-0.15, -0.1) is 0 Å². The third-order valence-corrected chi connectivity index (χ3v) is 2.49. The Morgan fingerprint density at radius 1 is 1.40 bits per heavy atom. The van der Waals surface area contributed by atoms with Gasteiger partial charge in [0.25, 0.3) is 0 Å². The summed E-state index contributed by atoms with van der Waals surface area (Å²) in [6, 6.07) is 9.45. The highest BCUT2D eigenvalue weighted by atomic mass is 16.1. The summed E-state index contributed by atoms with van der Waals surface area (Å²) in [6.07, 6.45) is 0. The Balaban J connectivity index is 2.68. The van der Waals surface area contributed by atoms with Crippen LogP contribution in [0.25, 0.3) is 0 Å². The van der Waals surface area contributed by atoms with E-state index in [9.17, 15) is 4.79 Å². The largest absolute Gasteiger partial charge is 0.356 e. The summed E-state index contributed by atoms with van der Waals surface area (Å²) < 4.78 is 0. The second-order valence-corrected chi connectivity index (χ2v) is 3.62. The zero-order chi connectivity index (χ0) is 11.3. The average molecular weight is 206 g/mol. The quantitative estimate of drug-likeness (QED) is 0.783. The first kappa shape index (κ1) is 11.7. The monoisotopic (exact) mass is 206 g/mol. The molecule has 15 heavy (non-hydrogen) atoms. The summed E-state index contributed by atoms with van der Waals surface area (Å²) >= 11 is 0. The number of amides is 1. The van der Waals surface area contributed by atoms with Gasteiger partial charge in [-0.25, -0.2) is 0 Å². The molecule has 0 saturated heterocycles. The second-order valence-electron chi connectivity index (χ2n) is 3.62. The van der Waals surface area contributed by atoms with E-state index in [1.807, 2.05) is 44.2 Å². The lowest BCUT2D eigenvalue weighted by molar-refractivity contribution is -0.125. The molecule has 1 aromatic carbocycles. The molecule has 0 bridgehead atoms. The molecule has 2 unspecified atom stereocenters. The van der Waals surface area contributed by atoms with Crippen LogP contribution in [0.15, 0.2) is 30.3 Å². The van der Waals surface area contributed by atoms with E-state index in [0.717, 1.165) is 5.56 Å². The first-order valence-corrected chi connectivity index (χ1v) is 5.25. The number of nitrogens with one attached hydrogen (secondary N) is 1. The van der Waals surface area contributed by atoms with Crippen molar-refractivity contribution in [2.24, 2.45) is 11.7 Å². The molecule has 0 aliphatic rings. The molecule has 3 heteroatoms. The third-order valence-electron chi connectivity index (χ3n) is 2.49. The predicted molar refractivity (Wildman–Crippen MR) is 61.2 cm³/mol. The summed E-state index contributed by atoms with van der Waals surface area (Å²) in [7, 11) is 0. The van der Waals surface area contributed by atoms with Crippen molar-refractivity contribution < 1.29 is 4.79 Å². The summed E-state index contributed by atoms with van der Waals surface area (Å²) in [5, 5.41) is 2.78. The fourth-order valence-electron chi connectivity index (χ4n) is 1.46. The van der Waals surface area contributed by atoms with E-state index in [1.54, 1.807) is 0 Å². The average Bonchev–Trinajstić information content (AvgIpc) is 2.28. The molecule has 0 fully saturated rings. The Morgan fingerprint density at radius 2 is 2.00 bits per heavy atom. The van der Waals surface area contributed by atoms with E-state index in [4.69, 9.17) is 5.73 Å². The highest BCUT2D eigenvalue weighted by molar-refractivity contribution is 5.79. The van der Waals surface area contributed by atoms with Crippen LogP contribution in [0.3, 0.4) is 0 Å². The molecule has 1 amide bonds. The lowest BCUT2D eigenvalue weighted by Crippen LogP contribution is -2.35. The highest BCUT2D eigenvalue weighted by Crippen LogP contribution is 2.18. The van der Waals surface area contributed by atoms with Crippen molar-refractivity contribution >= 4 is 5.91 Å². The van der Waals surface area contributed by atoms with Crippen molar-refractivity contribution in [3.63, 3.8) is 0 Å². The summed E-state index contributed by atoms with van der Waals surface area (Å²) in [6.45, 7) is 4.39. The lowest BCUT2D eigenvalue weighted by Gasteiger charge is -2.19. The van der Waals surface area contributed by atoms with Crippen molar-refractivity contribution in [1.82, 2.24) is 5.32 Å². The first-order chi connectivity index (χ1) is 7.16. The minimum Gasteiger partial charge on any atom is -0.356 e. The standard InChI is InChI=1S/C12H18N2O/c1-3-14-12(15)9(2)11(13)10-7-5-4-6-8-10/h4-9,11H,3,13H2,1-2H3,(H,14,15). The fourth-order valence-corrected chi connectivity index (χ4v) is 1.46. The highest BCUT2D eigenvalue weighted by Gasteiger charge is 2.20. The SMILES string of the molecule is CCNC(=O)C(C)C(N)c1ccccc1. The van der Waals surface area contributed by atoms with Gasteiger partial charge in [0, 0.05) is 12.6 Å². The molecule has 0 spiro atoms. The van der Waals surface area contributed by atoms with Gasteiger partial charge in [0.05, 0.1) is 5.92 Å². The molecule has 1 rings (SSSR count). The van der Waals surface area contributed by atoms with E-state index in [0.29, 0.717) is 6.54 Å². The molecule has 3 N–H and O–H groups in total. The number of benzene rings is 1. The van der Waals surface area contributed by atoms with Crippen molar-refractivity contribution in [2.45, 2.75) is 19.9 Å². The maximum atomic E-state index is 11.6. The van der Waals surface area contributed by atoms with Gasteiger partial charge >= 0.3 is 0 Å². The molecule has 0 saturated carbocycles. The van der Waals surface area contributed by atoms with Gasteiger partial charge in [-0.2, -0.15) is 0 Å². The molecule has 0 aromatic heterocycles. The molecule has 0 heterocycles. The lowest BCUT2D eigenvalue weighted by atomic mass is 9.95. The summed E-state index contributed by atoms with van der Waals surface area (Å²) in [5.41, 5.74) is 7.01. The molecule has 1 aromatic rings. The molecule has 82 valence electrons. The topological polar surface area (TPSA) is 55.1 Å². The summed E-state index contributed by atoms with van der Waals surface area (Å²) in [5.74, 6) is -0.193. The number of hydrogen-bond acceptors (Lipinski definition) is 2. The maximum absolute atomic E-state index is 11.6. The van der Waals surface area contributed by atoms with Crippen molar-refractivity contribution in [3.8, 4) is 0 Å². The zero-order valence-electron chi connectivity index (χ0n) is 9.23. The van der Waals surface area contributed by atoms with Gasteiger partial charge in [0.15, 0.2) is 0 Å². The van der Waals surface area contributed by atoms with Gasteiger partial charge in [0.1, 0.15) is 0 Å². The molecule has 0 aliphatic heterocycles. The number of carbonyl (C=O) groups excluding carboxylic acids is 1. The van der Waals surface area contributed by atoms with Crippen LogP contribution in [-0.4, -0.2) is 12.5 Å². The summed E-state index contributed by atoms with van der Waals surface area (Å²) in [4.78, 5) is 11.6. The molecular formula is C12H18N2O. The van der Waals surface area contributed by atoms with Crippen LogP contribution in [0.5, 0.6) is 0 Å². The van der Waals surface area contributed by atoms with Gasteiger partial charge < -0.3 is 11.1 Å². The Hall–Kier alpha value is -1.35. The first-order valence-electron chi connectivity index (χ1n) is 5.25. The van der Waals surface area contributed by atoms with E-state index in [1.165, 1.54) is 0 Å². The van der Waals surface area contributed by atoms with Crippen LogP contribution >= 0.6 is 0 Å². The number of nitrogens with two attached hydrogens (primary N) is 1. The van der Waals surface area contributed by atoms with E-state index >= 15 is 0 Å². The number of hydrogen-bond donors (Lipinski definition) is 2. The Bertz CT molecular complexity index is 311. The molecule has 0 radical (unpaired) electrons. The molecular weight excluding hydrogens is 188 g/mol. The second kappa shape index (κ2) is 5.51. The van der Waals surface area contributed by atoms with Crippen LogP contribution in [0.2, 0.25) is 0 Å². The number of carbonyl (C=O) groups is 1. The predicted octanol–water partition coefficient (Wildman–Crippen LogP) is 1.46. The Labute approximate surface area is 90.7 Å². The van der Waals surface area contributed by atoms with Crippen molar-refractivity contribution in [1.29, 1.82) is 0 Å². The van der Waals surface area contributed by atoms with Crippen molar-refractivity contribution in [2.75, 3.05) is 6.54 Å². The van der Waals surface area contributed by atoms with E-state index in [2.05, 4.69) is 5.32 Å². The van der Waals surface area contributed by atoms with Gasteiger partial charge in [-0.3, -0.25) is 4.79 Å².